The number of hydrogen-bond acceptors (Lipinski definition) is 2. The van der Waals surface area contributed by atoms with Crippen LogP contribution in [0.4, 0.5) is 0 Å². The first-order chi connectivity index (χ1) is 11.6. The molecule has 1 heterocycles. The molecule has 2 unspecified atom stereocenters. The number of hydrogen-bond donors (Lipinski definition) is 0. The molecule has 1 aliphatic carbocycles. The van der Waals surface area contributed by atoms with Crippen molar-refractivity contribution in [3.05, 3.63) is 29.3 Å². The fourth-order valence-electron chi connectivity index (χ4n) is 4.66. The summed E-state index contributed by atoms with van der Waals surface area (Å²) in [6.45, 7) is 6.76. The van der Waals surface area contributed by atoms with E-state index in [4.69, 9.17) is 4.74 Å². The van der Waals surface area contributed by atoms with Gasteiger partial charge in [-0.25, -0.2) is 0 Å². The molecule has 1 aliphatic heterocycles. The van der Waals surface area contributed by atoms with E-state index < -0.39 is 0 Å². The first kappa shape index (κ1) is 17.5. The highest BCUT2D eigenvalue weighted by atomic mass is 16.5. The molecule has 1 aromatic carbocycles. The highest BCUT2D eigenvalue weighted by molar-refractivity contribution is 5.78. The van der Waals surface area contributed by atoms with Gasteiger partial charge in [0, 0.05) is 0 Å². The minimum absolute atomic E-state index is 0.00117. The molecular weight excluding hydrogens is 296 g/mol. The van der Waals surface area contributed by atoms with Crippen molar-refractivity contribution >= 4 is 5.97 Å². The minimum atomic E-state index is 0.00117. The van der Waals surface area contributed by atoms with Gasteiger partial charge in [-0.3, -0.25) is 4.79 Å². The lowest BCUT2D eigenvalue weighted by Crippen LogP contribution is -2.36. The van der Waals surface area contributed by atoms with Crippen LogP contribution in [0.25, 0.3) is 0 Å². The molecule has 2 aliphatic rings. The van der Waals surface area contributed by atoms with Gasteiger partial charge in [-0.05, 0) is 60.6 Å². The van der Waals surface area contributed by atoms with Gasteiger partial charge >= 0.3 is 5.97 Å². The number of ether oxygens (including phenoxy) is 1. The second-order valence-corrected chi connectivity index (χ2v) is 7.97. The van der Waals surface area contributed by atoms with E-state index >= 15 is 0 Å². The molecule has 1 aromatic rings. The van der Waals surface area contributed by atoms with Crippen LogP contribution in [0.5, 0.6) is 5.75 Å². The average molecular weight is 328 g/mol. The molecule has 0 radical (unpaired) electrons. The van der Waals surface area contributed by atoms with Gasteiger partial charge in [0.05, 0.1) is 5.92 Å². The van der Waals surface area contributed by atoms with Crippen LogP contribution in [0.3, 0.4) is 0 Å². The zero-order valence-electron chi connectivity index (χ0n) is 15.5. The average Bonchev–Trinajstić information content (AvgIpc) is 2.61. The third-order valence-corrected chi connectivity index (χ3v) is 6.47. The molecular formula is C22H32O2. The van der Waals surface area contributed by atoms with Gasteiger partial charge in [-0.15, -0.1) is 0 Å². The maximum Gasteiger partial charge on any atom is 0.314 e. The summed E-state index contributed by atoms with van der Waals surface area (Å²) in [7, 11) is 0. The standard InChI is InChI=1S/C22H32O2/c1-4-6-17-9-12-19-14-20(22(23)24-21(19)13-17)15(3)18-10-7-16(5-2)8-11-18/h9,12-13,15-16,18,20H,4-8,10-11,14H2,1-3H3. The highest BCUT2D eigenvalue weighted by Gasteiger charge is 2.37. The smallest absolute Gasteiger partial charge is 0.314 e. The summed E-state index contributed by atoms with van der Waals surface area (Å²) in [6, 6.07) is 6.46. The predicted molar refractivity (Wildman–Crippen MR) is 98.2 cm³/mol. The van der Waals surface area contributed by atoms with E-state index in [1.807, 2.05) is 0 Å². The second-order valence-electron chi connectivity index (χ2n) is 7.97. The molecule has 3 rings (SSSR count). The van der Waals surface area contributed by atoms with Crippen LogP contribution in [0, 0.1) is 23.7 Å². The van der Waals surface area contributed by atoms with E-state index in [9.17, 15) is 4.79 Å². The first-order valence-corrected chi connectivity index (χ1v) is 9.95. The molecule has 0 saturated heterocycles. The lowest BCUT2D eigenvalue weighted by atomic mass is 9.70. The van der Waals surface area contributed by atoms with Crippen LogP contribution in [-0.4, -0.2) is 5.97 Å². The molecule has 1 fully saturated rings. The Kier molecular flexibility index (Phi) is 5.63. The van der Waals surface area contributed by atoms with Crippen molar-refractivity contribution in [2.75, 3.05) is 0 Å². The van der Waals surface area contributed by atoms with E-state index in [0.717, 1.165) is 30.9 Å². The van der Waals surface area contributed by atoms with Gasteiger partial charge in [-0.2, -0.15) is 0 Å². The zero-order chi connectivity index (χ0) is 17.1. The van der Waals surface area contributed by atoms with Crippen molar-refractivity contribution in [3.63, 3.8) is 0 Å². The Morgan fingerprint density at radius 2 is 1.92 bits per heavy atom. The summed E-state index contributed by atoms with van der Waals surface area (Å²) in [6.07, 6.45) is 9.57. The van der Waals surface area contributed by atoms with Crippen molar-refractivity contribution < 1.29 is 9.53 Å². The Morgan fingerprint density at radius 1 is 1.17 bits per heavy atom. The highest BCUT2D eigenvalue weighted by Crippen LogP contribution is 2.41. The largest absolute Gasteiger partial charge is 0.426 e. The van der Waals surface area contributed by atoms with Crippen LogP contribution >= 0.6 is 0 Å². The topological polar surface area (TPSA) is 26.3 Å². The third-order valence-electron chi connectivity index (χ3n) is 6.47. The van der Waals surface area contributed by atoms with Crippen molar-refractivity contribution in [1.82, 2.24) is 0 Å². The van der Waals surface area contributed by atoms with E-state index in [1.165, 1.54) is 43.2 Å². The van der Waals surface area contributed by atoms with Crippen LogP contribution in [0.1, 0.15) is 70.4 Å². The van der Waals surface area contributed by atoms with Crippen molar-refractivity contribution in [2.45, 2.75) is 72.1 Å². The van der Waals surface area contributed by atoms with Crippen LogP contribution in [-0.2, 0) is 17.6 Å². The number of esters is 1. The molecule has 2 atom stereocenters. The quantitative estimate of drug-likeness (QED) is 0.522. The Balaban J connectivity index is 1.68. The normalized spacial score (nSPS) is 28.1. The van der Waals surface area contributed by atoms with Gasteiger partial charge in [0.15, 0.2) is 0 Å². The van der Waals surface area contributed by atoms with E-state index in [-0.39, 0.29) is 11.9 Å². The molecule has 132 valence electrons. The minimum Gasteiger partial charge on any atom is -0.426 e. The Labute approximate surface area is 147 Å². The summed E-state index contributed by atoms with van der Waals surface area (Å²) in [4.78, 5) is 12.6. The lowest BCUT2D eigenvalue weighted by Gasteiger charge is -2.36. The van der Waals surface area contributed by atoms with Crippen molar-refractivity contribution in [2.24, 2.45) is 23.7 Å². The fourth-order valence-corrected chi connectivity index (χ4v) is 4.66. The van der Waals surface area contributed by atoms with Gasteiger partial charge in [0.2, 0.25) is 0 Å². The fraction of sp³-hybridized carbons (Fsp3) is 0.682. The number of carbonyl (C=O) groups excluding carboxylic acids is 1. The molecule has 0 bridgehead atoms. The third kappa shape index (κ3) is 3.68. The van der Waals surface area contributed by atoms with Crippen molar-refractivity contribution in [1.29, 1.82) is 0 Å². The van der Waals surface area contributed by atoms with Gasteiger partial charge in [0.25, 0.3) is 0 Å². The molecule has 0 N–H and O–H groups in total. The summed E-state index contributed by atoms with van der Waals surface area (Å²) in [5.74, 6) is 2.87. The summed E-state index contributed by atoms with van der Waals surface area (Å²) in [5, 5.41) is 0. The van der Waals surface area contributed by atoms with Crippen molar-refractivity contribution in [3.8, 4) is 5.75 Å². The van der Waals surface area contributed by atoms with E-state index in [1.54, 1.807) is 0 Å². The molecule has 0 spiro atoms. The summed E-state index contributed by atoms with van der Waals surface area (Å²) < 4.78 is 5.75. The first-order valence-electron chi connectivity index (χ1n) is 9.95. The number of carbonyl (C=O) groups is 1. The Bertz CT molecular complexity index is 569. The molecule has 0 amide bonds. The van der Waals surface area contributed by atoms with Crippen LogP contribution in [0.15, 0.2) is 18.2 Å². The van der Waals surface area contributed by atoms with Gasteiger partial charge < -0.3 is 4.74 Å². The summed E-state index contributed by atoms with van der Waals surface area (Å²) >= 11 is 0. The number of fused-ring (bicyclic) bond motifs is 1. The molecule has 2 nitrogen and oxygen atoms in total. The SMILES string of the molecule is CCCc1ccc2c(c1)OC(=O)C(C(C)C1CCC(CC)CC1)C2. The predicted octanol–water partition coefficient (Wildman–Crippen LogP) is 5.57. The molecule has 0 aromatic heterocycles. The van der Waals surface area contributed by atoms with Crippen LogP contribution < -0.4 is 4.74 Å². The lowest BCUT2D eigenvalue weighted by molar-refractivity contribution is -0.143. The Morgan fingerprint density at radius 3 is 2.58 bits per heavy atom. The number of benzene rings is 1. The second kappa shape index (κ2) is 7.72. The maximum atomic E-state index is 12.6. The molecule has 1 saturated carbocycles. The number of rotatable bonds is 5. The van der Waals surface area contributed by atoms with Gasteiger partial charge in [0.1, 0.15) is 5.75 Å². The van der Waals surface area contributed by atoms with Crippen LogP contribution in [0.2, 0.25) is 0 Å². The monoisotopic (exact) mass is 328 g/mol. The maximum absolute atomic E-state index is 12.6. The van der Waals surface area contributed by atoms with E-state index in [2.05, 4.69) is 39.0 Å². The summed E-state index contributed by atoms with van der Waals surface area (Å²) in [5.41, 5.74) is 2.49. The zero-order valence-corrected chi connectivity index (χ0v) is 15.5. The molecule has 24 heavy (non-hydrogen) atoms. The number of aryl methyl sites for hydroxylation is 1. The van der Waals surface area contributed by atoms with Gasteiger partial charge in [-0.1, -0.05) is 58.6 Å². The Hall–Kier alpha value is -1.31. The molecule has 2 heteroatoms. The van der Waals surface area contributed by atoms with E-state index in [0.29, 0.717) is 11.8 Å².